The second kappa shape index (κ2) is 5.27. The number of aromatic nitrogens is 2. The van der Waals surface area contributed by atoms with Crippen LogP contribution in [-0.4, -0.2) is 9.97 Å². The van der Waals surface area contributed by atoms with Crippen LogP contribution in [0.5, 0.6) is 0 Å². The molecule has 100 valence electrons. The molecule has 19 heavy (non-hydrogen) atoms. The molecule has 0 saturated carbocycles. The van der Waals surface area contributed by atoms with Crippen molar-refractivity contribution in [3.63, 3.8) is 0 Å². The first-order chi connectivity index (χ1) is 8.93. The highest BCUT2D eigenvalue weighted by Crippen LogP contribution is 2.28. The van der Waals surface area contributed by atoms with E-state index in [1.807, 2.05) is 13.8 Å². The third-order valence-corrected chi connectivity index (χ3v) is 4.47. The third kappa shape index (κ3) is 2.62. The number of rotatable bonds is 2. The first-order valence-electron chi connectivity index (χ1n) is 6.03. The Morgan fingerprint density at radius 1 is 1.05 bits per heavy atom. The van der Waals surface area contributed by atoms with Gasteiger partial charge in [0.25, 0.3) is 0 Å². The maximum absolute atomic E-state index is 5.50. The lowest BCUT2D eigenvalue weighted by Crippen LogP contribution is -2.12. The average molecular weight is 321 g/mol. The summed E-state index contributed by atoms with van der Waals surface area (Å²) in [7, 11) is 0. The van der Waals surface area contributed by atoms with Crippen molar-refractivity contribution in [2.45, 2.75) is 27.7 Å². The summed E-state index contributed by atoms with van der Waals surface area (Å²) in [6.45, 7) is 8.03. The van der Waals surface area contributed by atoms with Crippen LogP contribution in [0.2, 0.25) is 0 Å². The Bertz CT molecular complexity index is 615. The Morgan fingerprint density at radius 2 is 1.63 bits per heavy atom. The van der Waals surface area contributed by atoms with Crippen molar-refractivity contribution in [1.82, 2.24) is 9.97 Å². The van der Waals surface area contributed by atoms with Crippen LogP contribution >= 0.6 is 15.9 Å². The minimum atomic E-state index is 0.667. The zero-order valence-electron chi connectivity index (χ0n) is 11.5. The maximum atomic E-state index is 5.50. The van der Waals surface area contributed by atoms with E-state index in [1.165, 1.54) is 11.1 Å². The smallest absolute Gasteiger partial charge is 0.161 e. The van der Waals surface area contributed by atoms with Gasteiger partial charge >= 0.3 is 0 Å². The molecule has 1 heterocycles. The van der Waals surface area contributed by atoms with E-state index in [4.69, 9.17) is 5.84 Å². The first-order valence-corrected chi connectivity index (χ1v) is 6.82. The average Bonchev–Trinajstić information content (AvgIpc) is 2.38. The van der Waals surface area contributed by atoms with E-state index in [2.05, 4.69) is 57.3 Å². The van der Waals surface area contributed by atoms with Crippen LogP contribution in [0.25, 0.3) is 11.4 Å². The molecular formula is C14H17BrN4. The van der Waals surface area contributed by atoms with Crippen molar-refractivity contribution >= 4 is 21.7 Å². The first kappa shape index (κ1) is 14.0. The molecule has 4 nitrogen and oxygen atoms in total. The number of hydrazine groups is 1. The molecule has 0 saturated heterocycles. The fraction of sp³-hybridized carbons (Fsp3) is 0.286. The van der Waals surface area contributed by atoms with Crippen LogP contribution in [0.15, 0.2) is 16.6 Å². The van der Waals surface area contributed by atoms with Gasteiger partial charge in [-0.05, 0) is 51.0 Å². The molecule has 2 aromatic rings. The summed E-state index contributed by atoms with van der Waals surface area (Å²) in [5, 5.41) is 0. The van der Waals surface area contributed by atoms with E-state index in [-0.39, 0.29) is 0 Å². The van der Waals surface area contributed by atoms with Crippen LogP contribution in [0.1, 0.15) is 22.4 Å². The lowest BCUT2D eigenvalue weighted by molar-refractivity contribution is 1.06. The molecule has 0 fully saturated rings. The molecule has 0 bridgehead atoms. The molecule has 0 amide bonds. The Hall–Kier alpha value is -1.46. The number of hydrogen-bond acceptors (Lipinski definition) is 4. The lowest BCUT2D eigenvalue weighted by Gasteiger charge is -2.11. The fourth-order valence-electron chi connectivity index (χ4n) is 1.97. The van der Waals surface area contributed by atoms with E-state index in [0.29, 0.717) is 11.6 Å². The molecule has 3 N–H and O–H groups in total. The third-order valence-electron chi connectivity index (χ3n) is 3.22. The second-order valence-corrected chi connectivity index (χ2v) is 5.47. The summed E-state index contributed by atoms with van der Waals surface area (Å²) < 4.78 is 1.12. The highest BCUT2D eigenvalue weighted by Gasteiger charge is 2.11. The van der Waals surface area contributed by atoms with Gasteiger partial charge in [-0.2, -0.15) is 0 Å². The van der Waals surface area contributed by atoms with Crippen molar-refractivity contribution in [1.29, 1.82) is 0 Å². The van der Waals surface area contributed by atoms with Crippen LogP contribution in [0.3, 0.4) is 0 Å². The molecule has 0 atom stereocenters. The predicted octanol–water partition coefficient (Wildman–Crippen LogP) is 3.43. The zero-order chi connectivity index (χ0) is 14.2. The molecule has 0 radical (unpaired) electrons. The Labute approximate surface area is 121 Å². The monoisotopic (exact) mass is 320 g/mol. The molecular weight excluding hydrogens is 304 g/mol. The number of halogens is 1. The molecule has 1 aromatic heterocycles. The van der Waals surface area contributed by atoms with E-state index >= 15 is 0 Å². The largest absolute Gasteiger partial charge is 0.308 e. The number of aryl methyl sites for hydroxylation is 3. The van der Waals surface area contributed by atoms with Crippen molar-refractivity contribution in [2.75, 3.05) is 5.43 Å². The number of nitrogen functional groups attached to an aromatic ring is 1. The minimum absolute atomic E-state index is 0.667. The van der Waals surface area contributed by atoms with Crippen molar-refractivity contribution in [3.05, 3.63) is 39.0 Å². The summed E-state index contributed by atoms with van der Waals surface area (Å²) in [6, 6.07) is 4.14. The maximum Gasteiger partial charge on any atom is 0.161 e. The standard InChI is InChI=1S/C14H17BrN4/c1-7-5-11(6-8(2)12(7)15)14-17-10(4)9(3)13(18-14)19-16/h5-6H,16H2,1-4H3,(H,17,18,19). The molecule has 0 aliphatic carbocycles. The number of anilines is 1. The van der Waals surface area contributed by atoms with Crippen LogP contribution < -0.4 is 11.3 Å². The second-order valence-electron chi connectivity index (χ2n) is 4.67. The van der Waals surface area contributed by atoms with Crippen LogP contribution in [0.4, 0.5) is 5.82 Å². The summed E-state index contributed by atoms with van der Waals surface area (Å²) in [6.07, 6.45) is 0. The quantitative estimate of drug-likeness (QED) is 0.657. The zero-order valence-corrected chi connectivity index (χ0v) is 13.1. The number of nitrogens with one attached hydrogen (secondary N) is 1. The SMILES string of the molecule is Cc1cc(-c2nc(C)c(C)c(NN)n2)cc(C)c1Br. The molecule has 0 unspecified atom stereocenters. The van der Waals surface area contributed by atoms with E-state index in [1.54, 1.807) is 0 Å². The molecule has 2 rings (SSSR count). The van der Waals surface area contributed by atoms with Gasteiger partial charge in [0.05, 0.1) is 0 Å². The van der Waals surface area contributed by atoms with Gasteiger partial charge in [0, 0.05) is 21.3 Å². The summed E-state index contributed by atoms with van der Waals surface area (Å²) in [4.78, 5) is 9.01. The number of nitrogens with zero attached hydrogens (tertiary/aromatic N) is 2. The molecule has 0 aliphatic heterocycles. The lowest BCUT2D eigenvalue weighted by atomic mass is 10.1. The van der Waals surface area contributed by atoms with Gasteiger partial charge in [-0.15, -0.1) is 0 Å². The molecule has 0 aliphatic rings. The number of benzene rings is 1. The van der Waals surface area contributed by atoms with Crippen LogP contribution in [-0.2, 0) is 0 Å². The Balaban J connectivity index is 2.62. The fourth-order valence-corrected chi connectivity index (χ4v) is 2.20. The van der Waals surface area contributed by atoms with Gasteiger partial charge < -0.3 is 5.43 Å². The Morgan fingerprint density at radius 3 is 2.16 bits per heavy atom. The summed E-state index contributed by atoms with van der Waals surface area (Å²) in [5.74, 6) is 6.86. The van der Waals surface area contributed by atoms with Gasteiger partial charge in [-0.1, -0.05) is 15.9 Å². The number of nitrogens with two attached hydrogens (primary N) is 1. The molecule has 0 spiro atoms. The van der Waals surface area contributed by atoms with Gasteiger partial charge in [-0.25, -0.2) is 15.8 Å². The topological polar surface area (TPSA) is 63.8 Å². The van der Waals surface area contributed by atoms with Gasteiger partial charge in [0.1, 0.15) is 5.82 Å². The van der Waals surface area contributed by atoms with E-state index < -0.39 is 0 Å². The van der Waals surface area contributed by atoms with Crippen molar-refractivity contribution in [2.24, 2.45) is 5.84 Å². The summed E-state index contributed by atoms with van der Waals surface area (Å²) in [5.41, 5.74) is 7.85. The molecule has 5 heteroatoms. The predicted molar refractivity (Wildman–Crippen MR) is 81.9 cm³/mol. The summed E-state index contributed by atoms with van der Waals surface area (Å²) >= 11 is 3.57. The van der Waals surface area contributed by atoms with Crippen molar-refractivity contribution < 1.29 is 0 Å². The highest BCUT2D eigenvalue weighted by molar-refractivity contribution is 9.10. The van der Waals surface area contributed by atoms with Gasteiger partial charge in [0.2, 0.25) is 0 Å². The van der Waals surface area contributed by atoms with E-state index in [0.717, 1.165) is 21.3 Å². The number of hydrogen-bond donors (Lipinski definition) is 2. The van der Waals surface area contributed by atoms with Crippen molar-refractivity contribution in [3.8, 4) is 11.4 Å². The van der Waals surface area contributed by atoms with Gasteiger partial charge in [-0.3, -0.25) is 0 Å². The minimum Gasteiger partial charge on any atom is -0.308 e. The van der Waals surface area contributed by atoms with Gasteiger partial charge in [0.15, 0.2) is 5.82 Å². The van der Waals surface area contributed by atoms with Crippen LogP contribution in [0, 0.1) is 27.7 Å². The normalized spacial score (nSPS) is 10.6. The Kier molecular flexibility index (Phi) is 3.87. The highest BCUT2D eigenvalue weighted by atomic mass is 79.9. The van der Waals surface area contributed by atoms with E-state index in [9.17, 15) is 0 Å². The molecule has 1 aromatic carbocycles.